The van der Waals surface area contributed by atoms with E-state index in [2.05, 4.69) is 0 Å². The molecule has 0 spiro atoms. The predicted octanol–water partition coefficient (Wildman–Crippen LogP) is 3.74. The number of ether oxygens (including phenoxy) is 1. The van der Waals surface area contributed by atoms with E-state index >= 15 is 0 Å². The Bertz CT molecular complexity index is 552. The summed E-state index contributed by atoms with van der Waals surface area (Å²) < 4.78 is 5.20. The minimum atomic E-state index is -0.719. The number of aryl methyl sites for hydroxylation is 1. The van der Waals surface area contributed by atoms with Crippen LogP contribution in [-0.4, -0.2) is 12.2 Å². The fourth-order valence-corrected chi connectivity index (χ4v) is 2.19. The van der Waals surface area contributed by atoms with Crippen molar-refractivity contribution in [3.8, 4) is 5.75 Å². The number of halogens is 1. The molecule has 0 heterocycles. The summed E-state index contributed by atoms with van der Waals surface area (Å²) in [7, 11) is 1.63. The summed E-state index contributed by atoms with van der Waals surface area (Å²) in [6.07, 6.45) is -0.719. The molecule has 94 valence electrons. The molecule has 0 aliphatic rings. The van der Waals surface area contributed by atoms with E-state index in [9.17, 15) is 5.11 Å². The maximum absolute atomic E-state index is 10.3. The van der Waals surface area contributed by atoms with Crippen LogP contribution in [0, 0.1) is 6.92 Å². The van der Waals surface area contributed by atoms with Crippen LogP contribution in [0.5, 0.6) is 5.75 Å². The van der Waals surface area contributed by atoms with Gasteiger partial charge < -0.3 is 9.84 Å². The maximum atomic E-state index is 10.3. The molecule has 2 rings (SSSR count). The molecule has 0 saturated heterocycles. The van der Waals surface area contributed by atoms with Crippen molar-refractivity contribution in [1.82, 2.24) is 0 Å². The molecule has 0 bridgehead atoms. The number of benzene rings is 2. The van der Waals surface area contributed by atoms with Crippen molar-refractivity contribution in [1.29, 1.82) is 0 Å². The van der Waals surface area contributed by atoms with Gasteiger partial charge in [-0.2, -0.15) is 0 Å². The Morgan fingerprint density at radius 2 is 1.89 bits per heavy atom. The largest absolute Gasteiger partial charge is 0.496 e. The van der Waals surface area contributed by atoms with Crippen LogP contribution < -0.4 is 4.74 Å². The van der Waals surface area contributed by atoms with Crippen molar-refractivity contribution in [2.75, 3.05) is 7.11 Å². The van der Waals surface area contributed by atoms with Crippen LogP contribution in [-0.2, 0) is 0 Å². The molecule has 0 saturated carbocycles. The summed E-state index contributed by atoms with van der Waals surface area (Å²) in [6.45, 7) is 1.95. The van der Waals surface area contributed by atoms with Crippen molar-refractivity contribution in [3.05, 3.63) is 64.2 Å². The SMILES string of the molecule is COc1ccc(C(O)c2ccccc2Cl)cc1C. The Labute approximate surface area is 112 Å². The van der Waals surface area contributed by atoms with Gasteiger partial charge in [0.25, 0.3) is 0 Å². The van der Waals surface area contributed by atoms with Gasteiger partial charge in [-0.15, -0.1) is 0 Å². The van der Waals surface area contributed by atoms with Gasteiger partial charge in [-0.1, -0.05) is 35.9 Å². The zero-order chi connectivity index (χ0) is 13.1. The lowest BCUT2D eigenvalue weighted by Gasteiger charge is -2.14. The van der Waals surface area contributed by atoms with Gasteiger partial charge in [0.15, 0.2) is 0 Å². The fourth-order valence-electron chi connectivity index (χ4n) is 1.95. The van der Waals surface area contributed by atoms with E-state index in [1.54, 1.807) is 13.2 Å². The quantitative estimate of drug-likeness (QED) is 0.913. The van der Waals surface area contributed by atoms with Gasteiger partial charge in [0.05, 0.1) is 7.11 Å². The van der Waals surface area contributed by atoms with E-state index in [0.717, 1.165) is 16.9 Å². The van der Waals surface area contributed by atoms with Gasteiger partial charge in [0.1, 0.15) is 11.9 Å². The molecule has 0 fully saturated rings. The van der Waals surface area contributed by atoms with Gasteiger partial charge in [0, 0.05) is 10.6 Å². The average Bonchev–Trinajstić information content (AvgIpc) is 2.38. The second kappa shape index (κ2) is 5.42. The second-order valence-corrected chi connectivity index (χ2v) is 4.56. The molecule has 2 aromatic rings. The zero-order valence-electron chi connectivity index (χ0n) is 10.4. The van der Waals surface area contributed by atoms with Crippen LogP contribution in [0.2, 0.25) is 5.02 Å². The summed E-state index contributed by atoms with van der Waals surface area (Å²) in [6, 6.07) is 12.9. The van der Waals surface area contributed by atoms with E-state index in [4.69, 9.17) is 16.3 Å². The Hall–Kier alpha value is -1.51. The monoisotopic (exact) mass is 262 g/mol. The Balaban J connectivity index is 2.37. The van der Waals surface area contributed by atoms with E-state index < -0.39 is 6.10 Å². The molecule has 18 heavy (non-hydrogen) atoms. The van der Waals surface area contributed by atoms with E-state index in [1.807, 2.05) is 43.3 Å². The Morgan fingerprint density at radius 3 is 2.50 bits per heavy atom. The third-order valence-electron chi connectivity index (χ3n) is 2.93. The van der Waals surface area contributed by atoms with E-state index in [0.29, 0.717) is 10.6 Å². The van der Waals surface area contributed by atoms with Gasteiger partial charge >= 0.3 is 0 Å². The smallest absolute Gasteiger partial charge is 0.121 e. The lowest BCUT2D eigenvalue weighted by atomic mass is 9.99. The summed E-state index contributed by atoms with van der Waals surface area (Å²) >= 11 is 6.08. The minimum Gasteiger partial charge on any atom is -0.496 e. The molecule has 2 nitrogen and oxygen atoms in total. The number of aliphatic hydroxyl groups is 1. The maximum Gasteiger partial charge on any atom is 0.121 e. The molecular weight excluding hydrogens is 248 g/mol. The standard InChI is InChI=1S/C15H15ClO2/c1-10-9-11(7-8-14(10)18-2)15(17)12-5-3-4-6-13(12)16/h3-9,15,17H,1-2H3. The molecule has 3 heteroatoms. The first-order valence-corrected chi connectivity index (χ1v) is 6.08. The molecule has 0 aliphatic carbocycles. The Kier molecular flexibility index (Phi) is 3.90. The van der Waals surface area contributed by atoms with Crippen LogP contribution in [0.3, 0.4) is 0 Å². The van der Waals surface area contributed by atoms with Crippen molar-refractivity contribution in [2.24, 2.45) is 0 Å². The third-order valence-corrected chi connectivity index (χ3v) is 3.28. The topological polar surface area (TPSA) is 29.5 Å². The van der Waals surface area contributed by atoms with Crippen LogP contribution in [0.25, 0.3) is 0 Å². The highest BCUT2D eigenvalue weighted by Gasteiger charge is 2.14. The number of rotatable bonds is 3. The van der Waals surface area contributed by atoms with Crippen LogP contribution in [0.4, 0.5) is 0 Å². The summed E-state index contributed by atoms with van der Waals surface area (Å²) in [4.78, 5) is 0. The van der Waals surface area contributed by atoms with E-state index in [1.165, 1.54) is 0 Å². The van der Waals surface area contributed by atoms with Crippen LogP contribution in [0.1, 0.15) is 22.8 Å². The molecule has 0 radical (unpaired) electrons. The van der Waals surface area contributed by atoms with E-state index in [-0.39, 0.29) is 0 Å². The average molecular weight is 263 g/mol. The lowest BCUT2D eigenvalue weighted by molar-refractivity contribution is 0.220. The first kappa shape index (κ1) is 12.9. The van der Waals surface area contributed by atoms with Crippen LogP contribution in [0.15, 0.2) is 42.5 Å². The summed E-state index contributed by atoms with van der Waals surface area (Å²) in [5, 5.41) is 10.9. The molecule has 1 unspecified atom stereocenters. The highest BCUT2D eigenvalue weighted by Crippen LogP contribution is 2.30. The number of hydrogen-bond acceptors (Lipinski definition) is 2. The molecule has 1 N–H and O–H groups in total. The van der Waals surface area contributed by atoms with Gasteiger partial charge in [-0.3, -0.25) is 0 Å². The van der Waals surface area contributed by atoms with Gasteiger partial charge in [-0.05, 0) is 36.2 Å². The third kappa shape index (κ3) is 2.50. The van der Waals surface area contributed by atoms with Crippen molar-refractivity contribution in [2.45, 2.75) is 13.0 Å². The molecule has 2 aromatic carbocycles. The van der Waals surface area contributed by atoms with Crippen LogP contribution >= 0.6 is 11.6 Å². The molecule has 0 aromatic heterocycles. The highest BCUT2D eigenvalue weighted by molar-refractivity contribution is 6.31. The highest BCUT2D eigenvalue weighted by atomic mass is 35.5. The van der Waals surface area contributed by atoms with Gasteiger partial charge in [0.2, 0.25) is 0 Å². The zero-order valence-corrected chi connectivity index (χ0v) is 11.1. The predicted molar refractivity (Wildman–Crippen MR) is 73.2 cm³/mol. The molecule has 1 atom stereocenters. The summed E-state index contributed by atoms with van der Waals surface area (Å²) in [5.41, 5.74) is 2.51. The summed E-state index contributed by atoms with van der Waals surface area (Å²) in [5.74, 6) is 0.810. The number of hydrogen-bond donors (Lipinski definition) is 1. The lowest BCUT2D eigenvalue weighted by Crippen LogP contribution is -2.01. The molecule has 0 aliphatic heterocycles. The van der Waals surface area contributed by atoms with Crippen molar-refractivity contribution < 1.29 is 9.84 Å². The number of aliphatic hydroxyl groups excluding tert-OH is 1. The first-order chi connectivity index (χ1) is 8.63. The normalized spacial score (nSPS) is 12.2. The number of methoxy groups -OCH3 is 1. The van der Waals surface area contributed by atoms with Crippen molar-refractivity contribution >= 4 is 11.6 Å². The first-order valence-electron chi connectivity index (χ1n) is 5.70. The second-order valence-electron chi connectivity index (χ2n) is 4.15. The fraction of sp³-hybridized carbons (Fsp3) is 0.200. The minimum absolute atomic E-state index is 0.568. The van der Waals surface area contributed by atoms with Crippen molar-refractivity contribution in [3.63, 3.8) is 0 Å². The van der Waals surface area contributed by atoms with Gasteiger partial charge in [-0.25, -0.2) is 0 Å². The molecule has 0 amide bonds. The Morgan fingerprint density at radius 1 is 1.17 bits per heavy atom. The molecular formula is C15H15ClO2.